The second-order valence-corrected chi connectivity index (χ2v) is 4.20. The zero-order valence-corrected chi connectivity index (χ0v) is 10.6. The first kappa shape index (κ1) is 14.8. The normalized spacial score (nSPS) is 11.7. The summed E-state index contributed by atoms with van der Waals surface area (Å²) in [5.41, 5.74) is 0.490. The smallest absolute Gasteiger partial charge is 0.310 e. The molecule has 1 unspecified atom stereocenters. The van der Waals surface area contributed by atoms with Gasteiger partial charge in [-0.3, -0.25) is 14.4 Å². The molecule has 0 aliphatic carbocycles. The summed E-state index contributed by atoms with van der Waals surface area (Å²) in [6.45, 7) is 2.95. The Morgan fingerprint density at radius 1 is 1.37 bits per heavy atom. The Labute approximate surface area is 109 Å². The molecule has 0 fully saturated rings. The van der Waals surface area contributed by atoms with Crippen molar-refractivity contribution in [1.29, 1.82) is 0 Å². The summed E-state index contributed by atoms with van der Waals surface area (Å²) >= 11 is 0. The predicted octanol–water partition coefficient (Wildman–Crippen LogP) is 1.30. The molecule has 19 heavy (non-hydrogen) atoms. The number of carbonyl (C=O) groups excluding carboxylic acids is 2. The van der Waals surface area contributed by atoms with Gasteiger partial charge in [-0.05, 0) is 31.5 Å². The zero-order chi connectivity index (χ0) is 14.6. The lowest BCUT2D eigenvalue weighted by Gasteiger charge is -2.12. The molecular formula is C13H14FNO4. The minimum atomic E-state index is -1.26. The van der Waals surface area contributed by atoms with Crippen LogP contribution in [0.5, 0.6) is 0 Å². The van der Waals surface area contributed by atoms with Crippen LogP contribution in [-0.2, 0) is 9.59 Å². The fourth-order valence-corrected chi connectivity index (χ4v) is 1.40. The Bertz CT molecular complexity index is 527. The molecule has 1 aromatic carbocycles. The molecular weight excluding hydrogens is 253 g/mol. The Balaban J connectivity index is 2.71. The van der Waals surface area contributed by atoms with E-state index in [9.17, 15) is 18.8 Å². The third-order valence-electron chi connectivity index (χ3n) is 2.59. The number of hydrogen-bond acceptors (Lipinski definition) is 3. The van der Waals surface area contributed by atoms with Gasteiger partial charge in [0.2, 0.25) is 0 Å². The summed E-state index contributed by atoms with van der Waals surface area (Å²) in [5.74, 6) is -3.01. The van der Waals surface area contributed by atoms with Crippen molar-refractivity contribution in [1.82, 2.24) is 5.32 Å². The van der Waals surface area contributed by atoms with Crippen LogP contribution >= 0.6 is 0 Å². The molecule has 0 radical (unpaired) electrons. The van der Waals surface area contributed by atoms with Crippen LogP contribution in [0.2, 0.25) is 0 Å². The minimum absolute atomic E-state index is 0.0816. The predicted molar refractivity (Wildman–Crippen MR) is 65.3 cm³/mol. The summed E-state index contributed by atoms with van der Waals surface area (Å²) < 4.78 is 13.3. The quantitative estimate of drug-likeness (QED) is 0.787. The van der Waals surface area contributed by atoms with Gasteiger partial charge in [0, 0.05) is 5.56 Å². The Kier molecular flexibility index (Phi) is 4.74. The van der Waals surface area contributed by atoms with Crippen molar-refractivity contribution < 1.29 is 23.9 Å². The van der Waals surface area contributed by atoms with Crippen LogP contribution in [0, 0.1) is 12.7 Å². The number of aryl methyl sites for hydroxylation is 1. The van der Waals surface area contributed by atoms with E-state index in [1.165, 1.54) is 19.1 Å². The number of rotatable bonds is 5. The number of benzene rings is 1. The fourth-order valence-electron chi connectivity index (χ4n) is 1.40. The highest BCUT2D eigenvalue weighted by atomic mass is 19.1. The highest BCUT2D eigenvalue weighted by molar-refractivity contribution is 6.02. The highest BCUT2D eigenvalue weighted by Gasteiger charge is 2.19. The van der Waals surface area contributed by atoms with E-state index < -0.39 is 35.9 Å². The number of aliphatic carboxylic acids is 1. The SMILES string of the molecule is Cc1ccc(C(=O)NC(C)C(=O)CC(=O)O)cc1F. The van der Waals surface area contributed by atoms with Crippen molar-refractivity contribution in [3.05, 3.63) is 35.1 Å². The van der Waals surface area contributed by atoms with Gasteiger partial charge in [0.1, 0.15) is 12.2 Å². The summed E-state index contributed by atoms with van der Waals surface area (Å²) in [4.78, 5) is 33.5. The molecule has 102 valence electrons. The lowest BCUT2D eigenvalue weighted by molar-refractivity contribution is -0.140. The first-order valence-corrected chi connectivity index (χ1v) is 5.62. The van der Waals surface area contributed by atoms with Crippen molar-refractivity contribution in [3.8, 4) is 0 Å². The van der Waals surface area contributed by atoms with Crippen molar-refractivity contribution >= 4 is 17.7 Å². The summed E-state index contributed by atoms with van der Waals surface area (Å²) in [7, 11) is 0. The molecule has 0 aliphatic rings. The van der Waals surface area contributed by atoms with Gasteiger partial charge < -0.3 is 10.4 Å². The van der Waals surface area contributed by atoms with Crippen molar-refractivity contribution in [2.75, 3.05) is 0 Å². The number of ketones is 1. The molecule has 0 saturated carbocycles. The molecule has 0 aromatic heterocycles. The Morgan fingerprint density at radius 3 is 2.53 bits per heavy atom. The van der Waals surface area contributed by atoms with E-state index in [1.54, 1.807) is 6.92 Å². The van der Waals surface area contributed by atoms with Gasteiger partial charge in [-0.15, -0.1) is 0 Å². The standard InChI is InChI=1S/C13H14FNO4/c1-7-3-4-9(5-10(7)14)13(19)15-8(2)11(16)6-12(17)18/h3-5,8H,6H2,1-2H3,(H,15,19)(H,17,18). The summed E-state index contributed by atoms with van der Waals surface area (Å²) in [6, 6.07) is 3.02. The monoisotopic (exact) mass is 267 g/mol. The number of carboxylic acid groups (broad SMARTS) is 1. The molecule has 2 N–H and O–H groups in total. The maximum Gasteiger partial charge on any atom is 0.310 e. The first-order valence-electron chi connectivity index (χ1n) is 5.62. The molecule has 1 atom stereocenters. The van der Waals surface area contributed by atoms with E-state index in [1.807, 2.05) is 0 Å². The van der Waals surface area contributed by atoms with Crippen molar-refractivity contribution in [3.63, 3.8) is 0 Å². The number of hydrogen-bond donors (Lipinski definition) is 2. The molecule has 0 aliphatic heterocycles. The zero-order valence-electron chi connectivity index (χ0n) is 10.6. The summed E-state index contributed by atoms with van der Waals surface area (Å²) in [5, 5.41) is 10.8. The number of carboxylic acids is 1. The largest absolute Gasteiger partial charge is 0.481 e. The molecule has 6 heteroatoms. The van der Waals surface area contributed by atoms with E-state index >= 15 is 0 Å². The minimum Gasteiger partial charge on any atom is -0.481 e. The van der Waals surface area contributed by atoms with Gasteiger partial charge in [0.05, 0.1) is 6.04 Å². The van der Waals surface area contributed by atoms with Crippen molar-refractivity contribution in [2.45, 2.75) is 26.3 Å². The van der Waals surface area contributed by atoms with Gasteiger partial charge in [-0.2, -0.15) is 0 Å². The fraction of sp³-hybridized carbons (Fsp3) is 0.308. The average Bonchev–Trinajstić information content (AvgIpc) is 2.31. The van der Waals surface area contributed by atoms with Crippen LogP contribution in [0.3, 0.4) is 0 Å². The van der Waals surface area contributed by atoms with E-state index in [2.05, 4.69) is 5.32 Å². The van der Waals surface area contributed by atoms with E-state index in [4.69, 9.17) is 5.11 Å². The van der Waals surface area contributed by atoms with E-state index in [0.29, 0.717) is 5.56 Å². The lowest BCUT2D eigenvalue weighted by Crippen LogP contribution is -2.39. The molecule has 1 amide bonds. The second-order valence-electron chi connectivity index (χ2n) is 4.20. The number of Topliss-reactive ketones (excluding diaryl/α,β-unsaturated/α-hetero) is 1. The maximum absolute atomic E-state index is 13.3. The Hall–Kier alpha value is -2.24. The van der Waals surface area contributed by atoms with Crippen molar-refractivity contribution in [2.24, 2.45) is 0 Å². The Morgan fingerprint density at radius 2 is 2.00 bits per heavy atom. The number of nitrogens with one attached hydrogen (secondary N) is 1. The van der Waals surface area contributed by atoms with E-state index in [0.717, 1.165) is 6.07 Å². The van der Waals surface area contributed by atoms with Gasteiger partial charge in [0.15, 0.2) is 5.78 Å². The third-order valence-corrected chi connectivity index (χ3v) is 2.59. The van der Waals surface area contributed by atoms with Crippen LogP contribution < -0.4 is 5.32 Å². The second kappa shape index (κ2) is 6.08. The van der Waals surface area contributed by atoms with Crippen LogP contribution in [0.4, 0.5) is 4.39 Å². The van der Waals surface area contributed by atoms with Crippen LogP contribution in [0.25, 0.3) is 0 Å². The first-order chi connectivity index (χ1) is 8.81. The molecule has 0 heterocycles. The van der Waals surface area contributed by atoms with Crippen LogP contribution in [0.1, 0.15) is 29.3 Å². The highest BCUT2D eigenvalue weighted by Crippen LogP contribution is 2.09. The maximum atomic E-state index is 13.3. The van der Waals surface area contributed by atoms with Crippen LogP contribution in [-0.4, -0.2) is 28.8 Å². The average molecular weight is 267 g/mol. The lowest BCUT2D eigenvalue weighted by atomic mass is 10.1. The number of amides is 1. The van der Waals surface area contributed by atoms with Crippen LogP contribution in [0.15, 0.2) is 18.2 Å². The van der Waals surface area contributed by atoms with E-state index in [-0.39, 0.29) is 5.56 Å². The number of carbonyl (C=O) groups is 3. The molecule has 0 spiro atoms. The number of halogens is 1. The van der Waals surface area contributed by atoms with Gasteiger partial charge in [-0.1, -0.05) is 6.07 Å². The topological polar surface area (TPSA) is 83.5 Å². The van der Waals surface area contributed by atoms with Gasteiger partial charge in [-0.25, -0.2) is 4.39 Å². The van der Waals surface area contributed by atoms with Gasteiger partial charge in [0.25, 0.3) is 5.91 Å². The molecule has 1 aromatic rings. The van der Waals surface area contributed by atoms with Gasteiger partial charge >= 0.3 is 5.97 Å². The molecule has 0 saturated heterocycles. The molecule has 5 nitrogen and oxygen atoms in total. The molecule has 0 bridgehead atoms. The molecule has 1 rings (SSSR count). The third kappa shape index (κ3) is 4.17. The summed E-state index contributed by atoms with van der Waals surface area (Å²) in [6.07, 6.45) is -0.663.